The Kier molecular flexibility index (Phi) is 9.87. The summed E-state index contributed by atoms with van der Waals surface area (Å²) in [6.07, 6.45) is 1.03. The predicted octanol–water partition coefficient (Wildman–Crippen LogP) is 2.15. The van der Waals surface area contributed by atoms with Crippen LogP contribution in [0.5, 0.6) is 0 Å². The Morgan fingerprint density at radius 2 is 1.76 bits per heavy atom. The van der Waals surface area contributed by atoms with Gasteiger partial charge in [-0.05, 0) is 45.6 Å². The van der Waals surface area contributed by atoms with Crippen molar-refractivity contribution in [2.75, 3.05) is 13.1 Å². The van der Waals surface area contributed by atoms with Crippen molar-refractivity contribution in [1.82, 2.24) is 39.8 Å². The number of nitrogens with zero attached hydrogens (tertiary/aromatic N) is 6. The van der Waals surface area contributed by atoms with Gasteiger partial charge >= 0.3 is 5.69 Å². The van der Waals surface area contributed by atoms with E-state index in [1.807, 2.05) is 51.1 Å². The van der Waals surface area contributed by atoms with Crippen molar-refractivity contribution in [2.24, 2.45) is 5.92 Å². The van der Waals surface area contributed by atoms with Crippen LogP contribution in [-0.2, 0) is 27.5 Å². The molecule has 0 saturated heterocycles. The fourth-order valence-corrected chi connectivity index (χ4v) is 5.11. The molecule has 2 N–H and O–H groups in total. The first-order chi connectivity index (χ1) is 20.0. The second kappa shape index (κ2) is 13.5. The fraction of sp³-hybridized carbons (Fsp3) is 0.500. The molecule has 0 bridgehead atoms. The zero-order valence-electron chi connectivity index (χ0n) is 25.0. The molecular weight excluding hydrogens is 536 g/mol. The fourth-order valence-electron chi connectivity index (χ4n) is 5.11. The Labute approximate surface area is 245 Å². The Bertz CT molecular complexity index is 1480. The number of fused-ring (bicyclic) bond motifs is 1. The molecule has 4 rings (SSSR count). The van der Waals surface area contributed by atoms with Gasteiger partial charge in [0.15, 0.2) is 5.82 Å². The molecule has 0 fully saturated rings. The first-order valence-electron chi connectivity index (χ1n) is 14.4. The minimum atomic E-state index is -0.700. The first-order valence-corrected chi connectivity index (χ1v) is 14.4. The molecule has 0 radical (unpaired) electrons. The average molecular weight is 577 g/mol. The number of carbonyl (C=O) groups is 3. The maximum Gasteiger partial charge on any atom is 0.348 e. The van der Waals surface area contributed by atoms with Crippen LogP contribution in [-0.4, -0.2) is 66.1 Å². The number of aryl methyl sites for hydroxylation is 2. The largest absolute Gasteiger partial charge is 0.348 e. The summed E-state index contributed by atoms with van der Waals surface area (Å²) in [5, 5.41) is 10.6. The van der Waals surface area contributed by atoms with E-state index in [1.54, 1.807) is 29.5 Å². The van der Waals surface area contributed by atoms with E-state index in [4.69, 9.17) is 10.1 Å². The van der Waals surface area contributed by atoms with E-state index < -0.39 is 17.8 Å². The van der Waals surface area contributed by atoms with Gasteiger partial charge in [-0.3, -0.25) is 19.0 Å². The molecule has 12 heteroatoms. The van der Waals surface area contributed by atoms with E-state index in [-0.39, 0.29) is 43.1 Å². The third-order valence-corrected chi connectivity index (χ3v) is 7.24. The van der Waals surface area contributed by atoms with Gasteiger partial charge < -0.3 is 15.5 Å². The molecule has 42 heavy (non-hydrogen) atoms. The standard InChI is InChI=1S/C30H40N8O4/c1-19(2)16-24-29(41)32-22(5)28-34-27(23-10-7-6-8-11-23)35-38(28)15-14-36(13-9-12-25(39)33-24)26(40)18-37-21(4)17-20(3)31-30(37)42/h6-8,10-11,17,19,22,24H,9,12-16,18H2,1-5H3,(H,32,41)(H,33,39)/t22-,24-/m1/s1. The SMILES string of the molecule is Cc1cc(C)n(CC(=O)N2CCCC(=O)N[C@H](CC(C)C)C(=O)N[C@H](C)c3nc(-c4ccccc4)nn3CC2)c(=O)n1. The van der Waals surface area contributed by atoms with E-state index >= 15 is 0 Å². The van der Waals surface area contributed by atoms with Crippen LogP contribution in [0.1, 0.15) is 63.3 Å². The highest BCUT2D eigenvalue weighted by molar-refractivity contribution is 5.87. The Morgan fingerprint density at radius 1 is 1.02 bits per heavy atom. The summed E-state index contributed by atoms with van der Waals surface area (Å²) in [5.74, 6) is 0.436. The van der Waals surface area contributed by atoms with Crippen LogP contribution in [0.25, 0.3) is 11.4 Å². The van der Waals surface area contributed by atoms with E-state index in [0.717, 1.165) is 5.56 Å². The zero-order valence-corrected chi connectivity index (χ0v) is 25.0. The molecule has 3 heterocycles. The summed E-state index contributed by atoms with van der Waals surface area (Å²) in [4.78, 5) is 62.6. The number of amides is 3. The third kappa shape index (κ3) is 7.68. The molecule has 3 amide bonds. The molecule has 0 saturated carbocycles. The topological polar surface area (TPSA) is 144 Å². The van der Waals surface area contributed by atoms with Gasteiger partial charge in [0.2, 0.25) is 17.7 Å². The van der Waals surface area contributed by atoms with E-state index in [0.29, 0.717) is 49.0 Å². The molecule has 2 atom stereocenters. The van der Waals surface area contributed by atoms with Crippen LogP contribution in [0.4, 0.5) is 0 Å². The van der Waals surface area contributed by atoms with Gasteiger partial charge in [-0.1, -0.05) is 44.2 Å². The predicted molar refractivity (Wildman–Crippen MR) is 157 cm³/mol. The van der Waals surface area contributed by atoms with Crippen LogP contribution in [0.15, 0.2) is 41.2 Å². The molecule has 0 unspecified atom stereocenters. The highest BCUT2D eigenvalue weighted by Crippen LogP contribution is 2.20. The number of aromatic nitrogens is 5. The van der Waals surface area contributed by atoms with Gasteiger partial charge in [-0.2, -0.15) is 10.1 Å². The summed E-state index contributed by atoms with van der Waals surface area (Å²) in [6, 6.07) is 10.1. The minimum Gasteiger partial charge on any atom is -0.345 e. The summed E-state index contributed by atoms with van der Waals surface area (Å²) in [5.41, 5.74) is 1.59. The number of hydrogen-bond acceptors (Lipinski definition) is 7. The highest BCUT2D eigenvalue weighted by atomic mass is 16.2. The summed E-state index contributed by atoms with van der Waals surface area (Å²) < 4.78 is 3.08. The number of benzene rings is 1. The molecular formula is C30H40N8O4. The minimum absolute atomic E-state index is 0.152. The quantitative estimate of drug-likeness (QED) is 0.474. The van der Waals surface area contributed by atoms with Crippen molar-refractivity contribution in [3.63, 3.8) is 0 Å². The van der Waals surface area contributed by atoms with Gasteiger partial charge in [0, 0.05) is 36.5 Å². The maximum atomic E-state index is 13.5. The normalized spacial score (nSPS) is 18.7. The summed E-state index contributed by atoms with van der Waals surface area (Å²) in [6.45, 7) is 10.0. The Balaban J connectivity index is 1.66. The number of nitrogens with one attached hydrogen (secondary N) is 2. The first kappa shape index (κ1) is 30.6. The molecule has 1 aliphatic heterocycles. The van der Waals surface area contributed by atoms with E-state index in [2.05, 4.69) is 15.6 Å². The van der Waals surface area contributed by atoms with Crippen LogP contribution < -0.4 is 16.3 Å². The van der Waals surface area contributed by atoms with Crippen molar-refractivity contribution in [3.8, 4) is 11.4 Å². The van der Waals surface area contributed by atoms with Gasteiger partial charge in [-0.15, -0.1) is 0 Å². The number of carbonyl (C=O) groups excluding carboxylic acids is 3. The Hall–Kier alpha value is -4.35. The lowest BCUT2D eigenvalue weighted by atomic mass is 10.0. The second-order valence-corrected chi connectivity index (χ2v) is 11.3. The molecule has 12 nitrogen and oxygen atoms in total. The second-order valence-electron chi connectivity index (χ2n) is 11.3. The van der Waals surface area contributed by atoms with Gasteiger partial charge in [0.25, 0.3) is 0 Å². The Morgan fingerprint density at radius 3 is 2.45 bits per heavy atom. The van der Waals surface area contributed by atoms with Crippen molar-refractivity contribution >= 4 is 17.7 Å². The molecule has 1 aliphatic rings. The van der Waals surface area contributed by atoms with Crippen LogP contribution >= 0.6 is 0 Å². The summed E-state index contributed by atoms with van der Waals surface area (Å²) in [7, 11) is 0. The molecule has 224 valence electrons. The average Bonchev–Trinajstić information content (AvgIpc) is 3.36. The van der Waals surface area contributed by atoms with Crippen LogP contribution in [0.2, 0.25) is 0 Å². The lowest BCUT2D eigenvalue weighted by molar-refractivity contribution is -0.133. The lowest BCUT2D eigenvalue weighted by Crippen LogP contribution is -2.48. The summed E-state index contributed by atoms with van der Waals surface area (Å²) >= 11 is 0. The monoisotopic (exact) mass is 576 g/mol. The number of hydrogen-bond donors (Lipinski definition) is 2. The highest BCUT2D eigenvalue weighted by Gasteiger charge is 2.27. The van der Waals surface area contributed by atoms with Crippen LogP contribution in [0, 0.1) is 19.8 Å². The smallest absolute Gasteiger partial charge is 0.345 e. The zero-order chi connectivity index (χ0) is 30.4. The third-order valence-electron chi connectivity index (χ3n) is 7.24. The van der Waals surface area contributed by atoms with Crippen molar-refractivity contribution < 1.29 is 14.4 Å². The van der Waals surface area contributed by atoms with E-state index in [1.165, 1.54) is 4.57 Å². The van der Waals surface area contributed by atoms with Crippen molar-refractivity contribution in [3.05, 3.63) is 64.1 Å². The van der Waals surface area contributed by atoms with Crippen LogP contribution in [0.3, 0.4) is 0 Å². The molecule has 0 spiro atoms. The maximum absolute atomic E-state index is 13.5. The van der Waals surface area contributed by atoms with Gasteiger partial charge in [-0.25, -0.2) is 14.5 Å². The molecule has 3 aromatic rings. The number of rotatable bonds is 5. The van der Waals surface area contributed by atoms with Crippen molar-refractivity contribution in [2.45, 2.75) is 79.1 Å². The van der Waals surface area contributed by atoms with Gasteiger partial charge in [0.05, 0.1) is 12.6 Å². The van der Waals surface area contributed by atoms with E-state index in [9.17, 15) is 19.2 Å². The molecule has 0 aliphatic carbocycles. The lowest BCUT2D eigenvalue weighted by Gasteiger charge is -2.26. The van der Waals surface area contributed by atoms with Gasteiger partial charge in [0.1, 0.15) is 18.4 Å². The molecule has 2 aromatic heterocycles. The molecule has 1 aromatic carbocycles. The van der Waals surface area contributed by atoms with Crippen molar-refractivity contribution in [1.29, 1.82) is 0 Å².